The zero-order valence-corrected chi connectivity index (χ0v) is 10.3. The number of hydrogen-bond donors (Lipinski definition) is 2. The van der Waals surface area contributed by atoms with Crippen LogP contribution in [-0.4, -0.2) is 27.2 Å². The monoisotopic (exact) mass is 249 g/mol. The Morgan fingerprint density at radius 3 is 3.06 bits per heavy atom. The van der Waals surface area contributed by atoms with Crippen LogP contribution in [0.3, 0.4) is 0 Å². The van der Waals surface area contributed by atoms with Gasteiger partial charge in [0, 0.05) is 0 Å². The van der Waals surface area contributed by atoms with Crippen LogP contribution >= 0.6 is 11.3 Å². The Kier molecular flexibility index (Phi) is 2.94. The third-order valence-electron chi connectivity index (χ3n) is 3.31. The van der Waals surface area contributed by atoms with Crippen LogP contribution in [0.1, 0.15) is 25.7 Å². The molecule has 0 amide bonds. The summed E-state index contributed by atoms with van der Waals surface area (Å²) in [5.74, 6) is 0.849. The van der Waals surface area contributed by atoms with Crippen molar-refractivity contribution in [2.24, 2.45) is 0 Å². The number of aliphatic hydroxyl groups excluding tert-OH is 1. The van der Waals surface area contributed by atoms with Gasteiger partial charge in [0.15, 0.2) is 0 Å². The van der Waals surface area contributed by atoms with Crippen molar-refractivity contribution < 1.29 is 5.11 Å². The van der Waals surface area contributed by atoms with Crippen molar-refractivity contribution >= 4 is 27.4 Å². The van der Waals surface area contributed by atoms with Crippen molar-refractivity contribution in [3.63, 3.8) is 0 Å². The van der Waals surface area contributed by atoms with Gasteiger partial charge in [-0.15, -0.1) is 11.3 Å². The first kappa shape index (κ1) is 10.9. The molecule has 0 aromatic carbocycles. The summed E-state index contributed by atoms with van der Waals surface area (Å²) in [4.78, 5) is 9.49. The van der Waals surface area contributed by atoms with E-state index in [1.54, 1.807) is 17.7 Å². The van der Waals surface area contributed by atoms with Gasteiger partial charge in [0.05, 0.1) is 17.5 Å². The Balaban J connectivity index is 1.86. The van der Waals surface area contributed by atoms with Crippen LogP contribution in [-0.2, 0) is 0 Å². The molecule has 1 saturated carbocycles. The number of nitrogens with one attached hydrogen (secondary N) is 1. The van der Waals surface area contributed by atoms with E-state index in [1.807, 2.05) is 11.4 Å². The second kappa shape index (κ2) is 4.58. The molecule has 3 rings (SSSR count). The lowest BCUT2D eigenvalue weighted by Crippen LogP contribution is -2.36. The molecule has 1 aliphatic rings. The normalized spacial score (nSPS) is 25.0. The molecular weight excluding hydrogens is 234 g/mol. The van der Waals surface area contributed by atoms with Gasteiger partial charge in [0.2, 0.25) is 0 Å². The number of aliphatic hydroxyl groups is 1. The van der Waals surface area contributed by atoms with Gasteiger partial charge >= 0.3 is 0 Å². The third kappa shape index (κ3) is 2.12. The average molecular weight is 249 g/mol. The summed E-state index contributed by atoms with van der Waals surface area (Å²) in [6.07, 6.45) is 5.51. The maximum Gasteiger partial charge on any atom is 0.138 e. The van der Waals surface area contributed by atoms with E-state index in [9.17, 15) is 5.11 Å². The number of thiophene rings is 1. The Labute approximate surface area is 104 Å². The minimum Gasteiger partial charge on any atom is -0.391 e. The van der Waals surface area contributed by atoms with E-state index in [2.05, 4.69) is 15.3 Å². The SMILES string of the molecule is O[C@H]1CCCC[C@@H]1Nc1ncnc2sccc12. The van der Waals surface area contributed by atoms with Gasteiger partial charge in [-0.25, -0.2) is 9.97 Å². The molecule has 1 aliphatic carbocycles. The van der Waals surface area contributed by atoms with E-state index >= 15 is 0 Å². The fraction of sp³-hybridized carbons (Fsp3) is 0.500. The van der Waals surface area contributed by atoms with Crippen molar-refractivity contribution in [1.82, 2.24) is 9.97 Å². The van der Waals surface area contributed by atoms with Crippen LogP contribution in [0.5, 0.6) is 0 Å². The van der Waals surface area contributed by atoms with E-state index in [1.165, 1.54) is 6.42 Å². The number of fused-ring (bicyclic) bond motifs is 1. The van der Waals surface area contributed by atoms with Crippen LogP contribution in [0.15, 0.2) is 17.8 Å². The smallest absolute Gasteiger partial charge is 0.138 e. The first-order valence-electron chi connectivity index (χ1n) is 5.97. The van der Waals surface area contributed by atoms with Crippen molar-refractivity contribution in [3.05, 3.63) is 17.8 Å². The fourth-order valence-electron chi connectivity index (χ4n) is 2.36. The van der Waals surface area contributed by atoms with Gasteiger partial charge in [-0.2, -0.15) is 0 Å². The molecule has 0 bridgehead atoms. The fourth-order valence-corrected chi connectivity index (χ4v) is 3.09. The quantitative estimate of drug-likeness (QED) is 0.858. The van der Waals surface area contributed by atoms with Crippen LogP contribution in [0, 0.1) is 0 Å². The second-order valence-corrected chi connectivity index (χ2v) is 5.36. The third-order valence-corrected chi connectivity index (χ3v) is 4.13. The van der Waals surface area contributed by atoms with E-state index in [4.69, 9.17) is 0 Å². The Bertz CT molecular complexity index is 513. The van der Waals surface area contributed by atoms with E-state index < -0.39 is 0 Å². The molecule has 1 fully saturated rings. The summed E-state index contributed by atoms with van der Waals surface area (Å²) in [6, 6.07) is 2.15. The van der Waals surface area contributed by atoms with Crippen LogP contribution in [0.25, 0.3) is 10.2 Å². The predicted octanol–water partition coefficient (Wildman–Crippen LogP) is 2.41. The van der Waals surface area contributed by atoms with Gasteiger partial charge in [0.25, 0.3) is 0 Å². The molecule has 2 aromatic rings. The van der Waals surface area contributed by atoms with Crippen molar-refractivity contribution in [1.29, 1.82) is 0 Å². The summed E-state index contributed by atoms with van der Waals surface area (Å²) >= 11 is 1.61. The molecule has 0 radical (unpaired) electrons. The average Bonchev–Trinajstić information content (AvgIpc) is 2.81. The van der Waals surface area contributed by atoms with Gasteiger partial charge in [0.1, 0.15) is 17.0 Å². The highest BCUT2D eigenvalue weighted by molar-refractivity contribution is 7.16. The first-order valence-corrected chi connectivity index (χ1v) is 6.85. The van der Waals surface area contributed by atoms with Crippen molar-refractivity contribution in [3.8, 4) is 0 Å². The highest BCUT2D eigenvalue weighted by atomic mass is 32.1. The Hall–Kier alpha value is -1.20. The molecular formula is C12H15N3OS. The molecule has 90 valence electrons. The summed E-state index contributed by atoms with van der Waals surface area (Å²) in [7, 11) is 0. The van der Waals surface area contributed by atoms with Gasteiger partial charge in [-0.1, -0.05) is 12.8 Å². The maximum atomic E-state index is 9.95. The summed E-state index contributed by atoms with van der Waals surface area (Å²) < 4.78 is 0. The topological polar surface area (TPSA) is 58.0 Å². The molecule has 2 N–H and O–H groups in total. The summed E-state index contributed by atoms with van der Waals surface area (Å²) in [6.45, 7) is 0. The number of hydrogen-bond acceptors (Lipinski definition) is 5. The van der Waals surface area contributed by atoms with Gasteiger partial charge in [-0.3, -0.25) is 0 Å². The van der Waals surface area contributed by atoms with Crippen LogP contribution in [0.4, 0.5) is 5.82 Å². The minimum absolute atomic E-state index is 0.127. The highest BCUT2D eigenvalue weighted by Crippen LogP contribution is 2.27. The molecule has 2 aromatic heterocycles. The molecule has 2 heterocycles. The predicted molar refractivity (Wildman–Crippen MR) is 69.3 cm³/mol. The molecule has 17 heavy (non-hydrogen) atoms. The van der Waals surface area contributed by atoms with E-state index in [-0.39, 0.29) is 12.1 Å². The molecule has 0 saturated heterocycles. The zero-order valence-electron chi connectivity index (χ0n) is 9.47. The van der Waals surface area contributed by atoms with E-state index in [0.717, 1.165) is 35.3 Å². The van der Waals surface area contributed by atoms with Gasteiger partial charge < -0.3 is 10.4 Å². The Morgan fingerprint density at radius 2 is 2.18 bits per heavy atom. The van der Waals surface area contributed by atoms with E-state index in [0.29, 0.717) is 0 Å². The largest absolute Gasteiger partial charge is 0.391 e. The molecule has 5 heteroatoms. The molecule has 4 nitrogen and oxygen atoms in total. The van der Waals surface area contributed by atoms with Crippen LogP contribution < -0.4 is 5.32 Å². The highest BCUT2D eigenvalue weighted by Gasteiger charge is 2.23. The molecule has 0 aliphatic heterocycles. The lowest BCUT2D eigenvalue weighted by atomic mass is 9.92. The van der Waals surface area contributed by atoms with Crippen LogP contribution in [0.2, 0.25) is 0 Å². The minimum atomic E-state index is -0.257. The molecule has 0 unspecified atom stereocenters. The number of anilines is 1. The lowest BCUT2D eigenvalue weighted by molar-refractivity contribution is 0.116. The number of rotatable bonds is 2. The summed E-state index contributed by atoms with van der Waals surface area (Å²) in [5, 5.41) is 16.4. The van der Waals surface area contributed by atoms with Crippen molar-refractivity contribution in [2.75, 3.05) is 5.32 Å². The zero-order chi connectivity index (χ0) is 11.7. The molecule has 0 spiro atoms. The number of nitrogens with zero attached hydrogens (tertiary/aromatic N) is 2. The van der Waals surface area contributed by atoms with Crippen molar-refractivity contribution in [2.45, 2.75) is 37.8 Å². The van der Waals surface area contributed by atoms with Gasteiger partial charge in [-0.05, 0) is 24.3 Å². The Morgan fingerprint density at radius 1 is 1.29 bits per heavy atom. The lowest BCUT2D eigenvalue weighted by Gasteiger charge is -2.28. The standard InChI is InChI=1S/C12H15N3OS/c16-10-4-2-1-3-9(10)15-11-8-5-6-17-12(8)14-7-13-11/h5-7,9-10,16H,1-4H2,(H,13,14,15)/t9-,10-/m0/s1. The number of aromatic nitrogens is 2. The maximum absolute atomic E-state index is 9.95. The molecule has 2 atom stereocenters. The summed E-state index contributed by atoms with van der Waals surface area (Å²) in [5.41, 5.74) is 0. The second-order valence-electron chi connectivity index (χ2n) is 4.46. The first-order chi connectivity index (χ1) is 8.34.